The molecule has 0 aliphatic carbocycles. The van der Waals surface area contributed by atoms with Crippen molar-refractivity contribution in [2.45, 2.75) is 24.7 Å². The Morgan fingerprint density at radius 3 is 2.71 bits per heavy atom. The molecule has 7 heteroatoms. The normalized spacial score (nSPS) is 18.2. The molecule has 0 aromatic heterocycles. The Balaban J connectivity index is 1.36. The number of hydrogen-bond acceptors (Lipinski definition) is 4. The molecule has 1 N–H and O–H groups in total. The van der Waals surface area contributed by atoms with Crippen LogP contribution in [0.2, 0.25) is 0 Å². The lowest BCUT2D eigenvalue weighted by atomic mass is 10.1. The highest BCUT2D eigenvalue weighted by molar-refractivity contribution is 7.88. The van der Waals surface area contributed by atoms with Crippen LogP contribution in [0.4, 0.5) is 4.39 Å². The number of sulfonamides is 1. The van der Waals surface area contributed by atoms with Crippen LogP contribution in [-0.2, 0) is 20.5 Å². The maximum atomic E-state index is 13.2. The Hall–Kier alpha value is -1.80. The van der Waals surface area contributed by atoms with Crippen molar-refractivity contribution in [3.8, 4) is 0 Å². The molecule has 152 valence electrons. The summed E-state index contributed by atoms with van der Waals surface area (Å²) in [6.07, 6.45) is 1.76. The zero-order valence-electron chi connectivity index (χ0n) is 15.9. The highest BCUT2D eigenvalue weighted by Crippen LogP contribution is 2.22. The van der Waals surface area contributed by atoms with Crippen LogP contribution in [0.5, 0.6) is 0 Å². The van der Waals surface area contributed by atoms with E-state index in [1.54, 1.807) is 6.07 Å². The fraction of sp³-hybridized carbons (Fsp3) is 0.429. The van der Waals surface area contributed by atoms with Crippen LogP contribution in [0.25, 0.3) is 0 Å². The van der Waals surface area contributed by atoms with Crippen LogP contribution in [0.15, 0.2) is 54.6 Å². The molecule has 0 saturated carbocycles. The molecule has 1 heterocycles. The van der Waals surface area contributed by atoms with Crippen molar-refractivity contribution in [2.75, 3.05) is 32.8 Å². The lowest BCUT2D eigenvalue weighted by molar-refractivity contribution is -0.0303. The Kier molecular flexibility index (Phi) is 7.56. The number of nitrogens with one attached hydrogen (secondary N) is 1. The Morgan fingerprint density at radius 1 is 1.11 bits per heavy atom. The molecule has 0 spiro atoms. The van der Waals surface area contributed by atoms with Gasteiger partial charge in [0.05, 0.1) is 18.5 Å². The quantitative estimate of drug-likeness (QED) is 0.650. The van der Waals surface area contributed by atoms with Gasteiger partial charge in [-0.25, -0.2) is 17.5 Å². The number of rotatable bonds is 9. The summed E-state index contributed by atoms with van der Waals surface area (Å²) >= 11 is 0. The van der Waals surface area contributed by atoms with Gasteiger partial charge in [-0.1, -0.05) is 42.5 Å². The number of halogens is 1. The largest absolute Gasteiger partial charge is 0.371 e. The highest BCUT2D eigenvalue weighted by Gasteiger charge is 2.21. The van der Waals surface area contributed by atoms with Crippen LogP contribution >= 0.6 is 0 Å². The van der Waals surface area contributed by atoms with Crippen molar-refractivity contribution in [1.29, 1.82) is 0 Å². The first-order valence-electron chi connectivity index (χ1n) is 9.62. The summed E-state index contributed by atoms with van der Waals surface area (Å²) in [6.45, 7) is 3.77. The first-order valence-corrected chi connectivity index (χ1v) is 11.3. The molecule has 2 aromatic rings. The third-order valence-electron chi connectivity index (χ3n) is 4.79. The fourth-order valence-electron chi connectivity index (χ4n) is 3.36. The Bertz CT molecular complexity index is 846. The Morgan fingerprint density at radius 2 is 1.93 bits per heavy atom. The SMILES string of the molecule is O=S(=O)(Cc1cccc(F)c1)NCCCCN1CCOC(c2ccccc2)C1. The molecule has 1 fully saturated rings. The summed E-state index contributed by atoms with van der Waals surface area (Å²) in [5, 5.41) is 0. The minimum absolute atomic E-state index is 0.0970. The summed E-state index contributed by atoms with van der Waals surface area (Å²) < 4.78 is 45.9. The van der Waals surface area contributed by atoms with Crippen LogP contribution in [0, 0.1) is 5.82 Å². The molecule has 1 unspecified atom stereocenters. The summed E-state index contributed by atoms with van der Waals surface area (Å²) in [5.41, 5.74) is 1.64. The van der Waals surface area contributed by atoms with Crippen molar-refractivity contribution < 1.29 is 17.5 Å². The van der Waals surface area contributed by atoms with E-state index in [9.17, 15) is 12.8 Å². The van der Waals surface area contributed by atoms with E-state index in [1.807, 2.05) is 18.2 Å². The third kappa shape index (κ3) is 6.67. The first kappa shape index (κ1) is 20.9. The van der Waals surface area contributed by atoms with Crippen molar-refractivity contribution in [3.05, 3.63) is 71.5 Å². The maximum absolute atomic E-state index is 13.2. The van der Waals surface area contributed by atoms with Gasteiger partial charge in [0.15, 0.2) is 0 Å². The first-order chi connectivity index (χ1) is 13.5. The van der Waals surface area contributed by atoms with Gasteiger partial charge in [0.1, 0.15) is 5.82 Å². The molecule has 2 aromatic carbocycles. The topological polar surface area (TPSA) is 58.6 Å². The van der Waals surface area contributed by atoms with E-state index in [0.29, 0.717) is 18.7 Å². The van der Waals surface area contributed by atoms with Gasteiger partial charge in [-0.2, -0.15) is 0 Å². The number of unbranched alkanes of at least 4 members (excludes halogenated alkanes) is 1. The third-order valence-corrected chi connectivity index (χ3v) is 6.15. The average molecular weight is 407 g/mol. The van der Waals surface area contributed by atoms with Crippen LogP contribution in [0.1, 0.15) is 30.1 Å². The van der Waals surface area contributed by atoms with Crippen LogP contribution in [-0.4, -0.2) is 46.1 Å². The summed E-state index contributed by atoms with van der Waals surface area (Å²) in [6, 6.07) is 15.9. The lowest BCUT2D eigenvalue weighted by Crippen LogP contribution is -2.39. The second-order valence-corrected chi connectivity index (χ2v) is 8.87. The number of ether oxygens (including phenoxy) is 1. The lowest BCUT2D eigenvalue weighted by Gasteiger charge is -2.33. The zero-order valence-corrected chi connectivity index (χ0v) is 16.7. The number of hydrogen-bond donors (Lipinski definition) is 1. The number of morpholine rings is 1. The smallest absolute Gasteiger partial charge is 0.215 e. The van der Waals surface area contributed by atoms with Gasteiger partial charge in [0.2, 0.25) is 10.0 Å². The fourth-order valence-corrected chi connectivity index (χ4v) is 4.54. The number of nitrogens with zero attached hydrogens (tertiary/aromatic N) is 1. The minimum Gasteiger partial charge on any atom is -0.371 e. The average Bonchev–Trinajstić information content (AvgIpc) is 2.68. The van der Waals surface area contributed by atoms with E-state index in [-0.39, 0.29) is 11.9 Å². The van der Waals surface area contributed by atoms with Crippen molar-refractivity contribution in [2.24, 2.45) is 0 Å². The maximum Gasteiger partial charge on any atom is 0.215 e. The highest BCUT2D eigenvalue weighted by atomic mass is 32.2. The van der Waals surface area contributed by atoms with Gasteiger partial charge in [-0.15, -0.1) is 0 Å². The molecule has 28 heavy (non-hydrogen) atoms. The van der Waals surface area contributed by atoms with Gasteiger partial charge >= 0.3 is 0 Å². The van der Waals surface area contributed by atoms with Gasteiger partial charge in [0, 0.05) is 19.6 Å². The second-order valence-electron chi connectivity index (χ2n) is 7.06. The Labute approximate surface area is 166 Å². The molecule has 0 amide bonds. The van der Waals surface area contributed by atoms with Gasteiger partial charge in [0.25, 0.3) is 0 Å². The molecule has 3 rings (SSSR count). The molecular weight excluding hydrogens is 379 g/mol. The van der Waals surface area contributed by atoms with E-state index in [2.05, 4.69) is 21.8 Å². The van der Waals surface area contributed by atoms with Crippen molar-refractivity contribution >= 4 is 10.0 Å². The minimum atomic E-state index is -3.45. The van der Waals surface area contributed by atoms with E-state index >= 15 is 0 Å². The predicted octanol–water partition coefficient (Wildman–Crippen LogP) is 3.10. The number of benzene rings is 2. The van der Waals surface area contributed by atoms with E-state index in [1.165, 1.54) is 23.8 Å². The summed E-state index contributed by atoms with van der Waals surface area (Å²) in [7, 11) is -3.45. The molecule has 1 aliphatic rings. The van der Waals surface area contributed by atoms with Crippen molar-refractivity contribution in [1.82, 2.24) is 9.62 Å². The van der Waals surface area contributed by atoms with E-state index in [4.69, 9.17) is 4.74 Å². The standard InChI is InChI=1S/C21H27FN2O3S/c22-20-10-6-7-18(15-20)17-28(25,26)23-11-4-5-12-24-13-14-27-21(16-24)19-8-2-1-3-9-19/h1-3,6-10,15,21,23H,4-5,11-14,16-17H2. The second kappa shape index (κ2) is 10.1. The molecule has 0 bridgehead atoms. The zero-order chi connectivity index (χ0) is 19.8. The molecule has 5 nitrogen and oxygen atoms in total. The molecule has 1 atom stereocenters. The summed E-state index contributed by atoms with van der Waals surface area (Å²) in [4.78, 5) is 2.36. The van der Waals surface area contributed by atoms with Crippen molar-refractivity contribution in [3.63, 3.8) is 0 Å². The van der Waals surface area contributed by atoms with E-state index < -0.39 is 15.8 Å². The molecule has 1 aliphatic heterocycles. The van der Waals surface area contributed by atoms with E-state index in [0.717, 1.165) is 32.5 Å². The monoisotopic (exact) mass is 406 g/mol. The molecular formula is C21H27FN2O3S. The van der Waals surface area contributed by atoms with Crippen LogP contribution in [0.3, 0.4) is 0 Å². The predicted molar refractivity (Wildman–Crippen MR) is 108 cm³/mol. The van der Waals surface area contributed by atoms with Gasteiger partial charge in [-0.3, -0.25) is 4.90 Å². The van der Waals surface area contributed by atoms with Gasteiger partial charge in [-0.05, 0) is 42.6 Å². The molecule has 0 radical (unpaired) electrons. The van der Waals surface area contributed by atoms with Crippen LogP contribution < -0.4 is 4.72 Å². The van der Waals surface area contributed by atoms with Gasteiger partial charge < -0.3 is 4.74 Å². The molecule has 1 saturated heterocycles. The summed E-state index contributed by atoms with van der Waals surface area (Å²) in [5.74, 6) is -0.625.